The molecule has 0 spiro atoms. The molecular weight excluding hydrogens is 362 g/mol. The minimum absolute atomic E-state index is 0.0951. The quantitative estimate of drug-likeness (QED) is 0.801. The van der Waals surface area contributed by atoms with Gasteiger partial charge in [-0.25, -0.2) is 0 Å². The second-order valence-electron chi connectivity index (χ2n) is 6.86. The van der Waals surface area contributed by atoms with E-state index in [0.717, 1.165) is 24.3 Å². The van der Waals surface area contributed by atoms with Gasteiger partial charge in [-0.2, -0.15) is 0 Å². The van der Waals surface area contributed by atoms with Crippen molar-refractivity contribution in [2.45, 2.75) is 19.4 Å². The van der Waals surface area contributed by atoms with E-state index in [2.05, 4.69) is 4.98 Å². The van der Waals surface area contributed by atoms with E-state index < -0.39 is 0 Å². The molecule has 27 heavy (non-hydrogen) atoms. The average molecular weight is 383 g/mol. The van der Waals surface area contributed by atoms with E-state index in [1.165, 1.54) is 16.2 Å². The summed E-state index contributed by atoms with van der Waals surface area (Å²) in [5, 5.41) is 11.5. The summed E-state index contributed by atoms with van der Waals surface area (Å²) in [4.78, 5) is 34.7. The number of nitrogens with zero attached hydrogens (tertiary/aromatic N) is 3. The van der Waals surface area contributed by atoms with Crippen molar-refractivity contribution in [2.24, 2.45) is 5.92 Å². The highest BCUT2D eigenvalue weighted by molar-refractivity contribution is 7.11. The first-order valence-corrected chi connectivity index (χ1v) is 9.97. The molecule has 2 aromatic rings. The number of aromatic nitrogens is 1. The molecule has 1 saturated heterocycles. The molecular formula is C20H21N3O3S. The lowest BCUT2D eigenvalue weighted by Crippen LogP contribution is -2.40. The Morgan fingerprint density at radius 3 is 2.78 bits per heavy atom. The van der Waals surface area contributed by atoms with Crippen LogP contribution in [0.5, 0.6) is 0 Å². The van der Waals surface area contributed by atoms with Gasteiger partial charge in [0, 0.05) is 30.8 Å². The van der Waals surface area contributed by atoms with E-state index in [-0.39, 0.29) is 30.9 Å². The molecule has 2 aliphatic rings. The van der Waals surface area contributed by atoms with E-state index in [4.69, 9.17) is 0 Å². The number of rotatable bonds is 5. The Morgan fingerprint density at radius 2 is 2.07 bits per heavy atom. The zero-order chi connectivity index (χ0) is 18.8. The van der Waals surface area contributed by atoms with Gasteiger partial charge in [0.15, 0.2) is 0 Å². The molecule has 2 aromatic heterocycles. The monoisotopic (exact) mass is 383 g/mol. The SMILES string of the molecule is O=C1C(c2cccs2)=C(N2CCCC(CO)C2)C(=O)N1Cc1ccccn1. The van der Waals surface area contributed by atoms with Gasteiger partial charge < -0.3 is 10.0 Å². The van der Waals surface area contributed by atoms with E-state index >= 15 is 0 Å². The summed E-state index contributed by atoms with van der Waals surface area (Å²) in [6.45, 7) is 1.57. The van der Waals surface area contributed by atoms with Crippen LogP contribution >= 0.6 is 11.3 Å². The Bertz CT molecular complexity index is 864. The molecule has 0 aliphatic carbocycles. The van der Waals surface area contributed by atoms with Crippen molar-refractivity contribution in [3.63, 3.8) is 0 Å². The maximum atomic E-state index is 13.2. The second-order valence-corrected chi connectivity index (χ2v) is 7.80. The van der Waals surface area contributed by atoms with E-state index in [1.54, 1.807) is 12.3 Å². The molecule has 1 fully saturated rings. The van der Waals surface area contributed by atoms with Gasteiger partial charge in [-0.05, 0) is 42.3 Å². The first-order chi connectivity index (χ1) is 13.2. The van der Waals surface area contributed by atoms with Gasteiger partial charge in [-0.1, -0.05) is 12.1 Å². The van der Waals surface area contributed by atoms with Crippen LogP contribution in [0.15, 0.2) is 47.6 Å². The Morgan fingerprint density at radius 1 is 1.19 bits per heavy atom. The number of piperidine rings is 1. The van der Waals surface area contributed by atoms with Crippen LogP contribution in [0, 0.1) is 5.92 Å². The molecule has 7 heteroatoms. The van der Waals surface area contributed by atoms with Gasteiger partial charge in [-0.15, -0.1) is 11.3 Å². The Hall–Kier alpha value is -2.51. The topological polar surface area (TPSA) is 73.7 Å². The Balaban J connectivity index is 1.70. The zero-order valence-corrected chi connectivity index (χ0v) is 15.7. The number of thiophene rings is 1. The first-order valence-electron chi connectivity index (χ1n) is 9.09. The van der Waals surface area contributed by atoms with Crippen LogP contribution in [0.3, 0.4) is 0 Å². The number of aliphatic hydroxyl groups excluding tert-OH is 1. The fourth-order valence-electron chi connectivity index (χ4n) is 3.71. The molecule has 4 rings (SSSR count). The predicted molar refractivity (Wildman–Crippen MR) is 102 cm³/mol. The molecule has 1 N–H and O–H groups in total. The van der Waals surface area contributed by atoms with Crippen molar-refractivity contribution in [1.29, 1.82) is 0 Å². The third-order valence-corrected chi connectivity index (χ3v) is 5.94. The fourth-order valence-corrected chi connectivity index (χ4v) is 4.48. The van der Waals surface area contributed by atoms with Crippen molar-refractivity contribution >= 4 is 28.7 Å². The minimum Gasteiger partial charge on any atom is -0.396 e. The highest BCUT2D eigenvalue weighted by Crippen LogP contribution is 2.36. The Labute approximate surface area is 161 Å². The molecule has 1 unspecified atom stereocenters. The van der Waals surface area contributed by atoms with Gasteiger partial charge in [0.2, 0.25) is 0 Å². The number of hydrogen-bond acceptors (Lipinski definition) is 6. The number of aliphatic hydroxyl groups is 1. The zero-order valence-electron chi connectivity index (χ0n) is 14.9. The highest BCUT2D eigenvalue weighted by Gasteiger charge is 2.42. The summed E-state index contributed by atoms with van der Waals surface area (Å²) in [7, 11) is 0. The summed E-state index contributed by atoms with van der Waals surface area (Å²) < 4.78 is 0. The first kappa shape index (κ1) is 17.9. The molecule has 2 aliphatic heterocycles. The fraction of sp³-hybridized carbons (Fsp3) is 0.350. The van der Waals surface area contributed by atoms with Crippen LogP contribution < -0.4 is 0 Å². The smallest absolute Gasteiger partial charge is 0.278 e. The maximum absolute atomic E-state index is 13.2. The number of imide groups is 1. The standard InChI is InChI=1S/C20H21N3O3S/c24-13-14-5-3-9-22(11-14)18-17(16-7-4-10-27-16)19(25)23(20(18)26)12-15-6-1-2-8-21-15/h1-2,4,6-8,10,14,24H,3,5,9,11-13H2. The summed E-state index contributed by atoms with van der Waals surface area (Å²) in [6.07, 6.45) is 3.49. The lowest BCUT2D eigenvalue weighted by atomic mass is 9.98. The largest absolute Gasteiger partial charge is 0.396 e. The summed E-state index contributed by atoms with van der Waals surface area (Å²) in [5.74, 6) is -0.412. The lowest BCUT2D eigenvalue weighted by molar-refractivity contribution is -0.138. The third-order valence-electron chi connectivity index (χ3n) is 5.05. The predicted octanol–water partition coefficient (Wildman–Crippen LogP) is 2.13. The molecule has 0 bridgehead atoms. The van der Waals surface area contributed by atoms with Crippen molar-refractivity contribution in [3.8, 4) is 0 Å². The van der Waals surface area contributed by atoms with E-state index in [0.29, 0.717) is 23.5 Å². The van der Waals surface area contributed by atoms with Crippen molar-refractivity contribution in [2.75, 3.05) is 19.7 Å². The van der Waals surface area contributed by atoms with Gasteiger partial charge in [0.05, 0.1) is 17.8 Å². The highest BCUT2D eigenvalue weighted by atomic mass is 32.1. The molecule has 0 saturated carbocycles. The molecule has 4 heterocycles. The molecule has 0 radical (unpaired) electrons. The number of likely N-dealkylation sites (tertiary alicyclic amines) is 1. The summed E-state index contributed by atoms with van der Waals surface area (Å²) in [6, 6.07) is 9.23. The number of pyridine rings is 1. The van der Waals surface area contributed by atoms with Crippen molar-refractivity contribution in [3.05, 3.63) is 58.2 Å². The lowest BCUT2D eigenvalue weighted by Gasteiger charge is -2.34. The van der Waals surface area contributed by atoms with Gasteiger partial charge in [0.1, 0.15) is 5.70 Å². The molecule has 6 nitrogen and oxygen atoms in total. The maximum Gasteiger partial charge on any atom is 0.278 e. The van der Waals surface area contributed by atoms with E-state index in [9.17, 15) is 14.7 Å². The van der Waals surface area contributed by atoms with Crippen LogP contribution in [0.2, 0.25) is 0 Å². The van der Waals surface area contributed by atoms with E-state index in [1.807, 2.05) is 34.5 Å². The van der Waals surface area contributed by atoms with Gasteiger partial charge in [-0.3, -0.25) is 19.5 Å². The van der Waals surface area contributed by atoms with Gasteiger partial charge in [0.25, 0.3) is 11.8 Å². The number of carbonyl (C=O) groups excluding carboxylic acids is 2. The number of hydrogen-bond donors (Lipinski definition) is 1. The van der Waals surface area contributed by atoms with Crippen LogP contribution in [0.1, 0.15) is 23.4 Å². The molecule has 140 valence electrons. The van der Waals surface area contributed by atoms with Crippen LogP contribution in [0.25, 0.3) is 5.57 Å². The summed E-state index contributed by atoms with van der Waals surface area (Å²) >= 11 is 1.46. The van der Waals surface area contributed by atoms with Gasteiger partial charge >= 0.3 is 0 Å². The average Bonchev–Trinajstić information content (AvgIpc) is 3.31. The third kappa shape index (κ3) is 3.40. The van der Waals surface area contributed by atoms with Crippen molar-refractivity contribution < 1.29 is 14.7 Å². The number of amides is 2. The van der Waals surface area contributed by atoms with Crippen molar-refractivity contribution in [1.82, 2.24) is 14.8 Å². The number of carbonyl (C=O) groups is 2. The second kappa shape index (κ2) is 7.62. The molecule has 0 aromatic carbocycles. The van der Waals surface area contributed by atoms with Crippen LogP contribution in [-0.4, -0.2) is 51.4 Å². The molecule has 2 amide bonds. The summed E-state index contributed by atoms with van der Waals surface area (Å²) in [5.41, 5.74) is 1.62. The molecule has 1 atom stereocenters. The minimum atomic E-state index is -0.271. The normalized spacial score (nSPS) is 20.7. The Kier molecular flexibility index (Phi) is 5.05. The van der Waals surface area contributed by atoms with Crippen LogP contribution in [-0.2, 0) is 16.1 Å². The van der Waals surface area contributed by atoms with Crippen LogP contribution in [0.4, 0.5) is 0 Å².